The SMILES string of the molecule is C=CNC(=S)n1nc(C#N)c(C#N)c1N. The van der Waals surface area contributed by atoms with E-state index in [1.807, 2.05) is 0 Å². The number of thiocarbonyl (C=S) groups is 1. The summed E-state index contributed by atoms with van der Waals surface area (Å²) < 4.78 is 1.11. The van der Waals surface area contributed by atoms with Crippen LogP contribution in [0.4, 0.5) is 5.82 Å². The molecule has 0 saturated heterocycles. The van der Waals surface area contributed by atoms with Gasteiger partial charge in [0.25, 0.3) is 0 Å². The summed E-state index contributed by atoms with van der Waals surface area (Å²) in [5.74, 6) is 0.0356. The Labute approximate surface area is 91.2 Å². The molecule has 0 bridgehead atoms. The Morgan fingerprint density at radius 3 is 2.67 bits per heavy atom. The number of hydrogen-bond acceptors (Lipinski definition) is 5. The van der Waals surface area contributed by atoms with Gasteiger partial charge in [-0.3, -0.25) is 0 Å². The van der Waals surface area contributed by atoms with E-state index in [-0.39, 0.29) is 22.2 Å². The van der Waals surface area contributed by atoms with E-state index in [0.717, 1.165) is 4.68 Å². The van der Waals surface area contributed by atoms with Gasteiger partial charge in [0.1, 0.15) is 23.5 Å². The zero-order valence-electron chi connectivity index (χ0n) is 7.56. The van der Waals surface area contributed by atoms with E-state index >= 15 is 0 Å². The first-order chi connectivity index (χ1) is 7.15. The van der Waals surface area contributed by atoms with Gasteiger partial charge in [-0.15, -0.1) is 0 Å². The average Bonchev–Trinajstić information content (AvgIpc) is 2.55. The van der Waals surface area contributed by atoms with Crippen LogP contribution in [0.15, 0.2) is 12.8 Å². The molecule has 0 atom stereocenters. The van der Waals surface area contributed by atoms with Gasteiger partial charge in [-0.05, 0) is 18.4 Å². The summed E-state index contributed by atoms with van der Waals surface area (Å²) in [6.45, 7) is 3.41. The molecule has 0 aliphatic carbocycles. The van der Waals surface area contributed by atoms with Crippen LogP contribution in [0.1, 0.15) is 11.3 Å². The van der Waals surface area contributed by atoms with Crippen LogP contribution in [0, 0.1) is 22.7 Å². The van der Waals surface area contributed by atoms with Crippen molar-refractivity contribution in [3.63, 3.8) is 0 Å². The lowest BCUT2D eigenvalue weighted by Crippen LogP contribution is -2.25. The fraction of sp³-hybridized carbons (Fsp3) is 0. The summed E-state index contributed by atoms with van der Waals surface area (Å²) in [6.07, 6.45) is 1.35. The first-order valence-electron chi connectivity index (χ1n) is 3.76. The zero-order chi connectivity index (χ0) is 11.4. The van der Waals surface area contributed by atoms with Crippen molar-refractivity contribution in [2.75, 3.05) is 5.73 Å². The van der Waals surface area contributed by atoms with E-state index in [2.05, 4.69) is 17.0 Å². The lowest BCUT2D eigenvalue weighted by atomic mass is 10.3. The second kappa shape index (κ2) is 4.22. The van der Waals surface area contributed by atoms with Crippen LogP contribution < -0.4 is 11.1 Å². The number of nitrogens with two attached hydrogens (primary N) is 1. The largest absolute Gasteiger partial charge is 0.382 e. The molecule has 0 aliphatic heterocycles. The number of hydrogen-bond donors (Lipinski definition) is 2. The third-order valence-corrected chi connectivity index (χ3v) is 1.85. The van der Waals surface area contributed by atoms with Gasteiger partial charge in [-0.25, -0.2) is 0 Å². The fourth-order valence-electron chi connectivity index (χ4n) is 0.923. The molecule has 0 unspecified atom stereocenters. The predicted octanol–water partition coefficient (Wildman–Crippen LogP) is 0.0748. The van der Waals surface area contributed by atoms with Crippen molar-refractivity contribution in [3.8, 4) is 12.1 Å². The summed E-state index contributed by atoms with van der Waals surface area (Å²) in [7, 11) is 0. The highest BCUT2D eigenvalue weighted by Gasteiger charge is 2.16. The Balaban J connectivity index is 3.30. The Kier molecular flexibility index (Phi) is 3.01. The fourth-order valence-corrected chi connectivity index (χ4v) is 1.15. The molecule has 1 rings (SSSR count). The van der Waals surface area contributed by atoms with Gasteiger partial charge in [-0.2, -0.15) is 20.3 Å². The summed E-state index contributed by atoms with van der Waals surface area (Å²) in [5.41, 5.74) is 5.55. The predicted molar refractivity (Wildman–Crippen MR) is 57.4 cm³/mol. The minimum Gasteiger partial charge on any atom is -0.382 e. The number of nitrogens with zero attached hydrogens (tertiary/aromatic N) is 4. The van der Waals surface area contributed by atoms with Crippen molar-refractivity contribution < 1.29 is 0 Å². The molecule has 15 heavy (non-hydrogen) atoms. The number of anilines is 1. The van der Waals surface area contributed by atoms with Crippen molar-refractivity contribution in [1.29, 1.82) is 10.5 Å². The van der Waals surface area contributed by atoms with Crippen molar-refractivity contribution in [1.82, 2.24) is 15.1 Å². The van der Waals surface area contributed by atoms with Gasteiger partial charge in [-0.1, -0.05) is 6.58 Å². The van der Waals surface area contributed by atoms with E-state index in [9.17, 15) is 0 Å². The number of nitriles is 2. The zero-order valence-corrected chi connectivity index (χ0v) is 8.38. The maximum Gasteiger partial charge on any atom is 0.200 e. The number of nitrogen functional groups attached to an aromatic ring is 1. The molecule has 0 radical (unpaired) electrons. The van der Waals surface area contributed by atoms with Gasteiger partial charge in [0.15, 0.2) is 10.8 Å². The van der Waals surface area contributed by atoms with Crippen molar-refractivity contribution in [2.24, 2.45) is 0 Å². The van der Waals surface area contributed by atoms with Gasteiger partial charge < -0.3 is 11.1 Å². The van der Waals surface area contributed by atoms with E-state index < -0.39 is 0 Å². The highest BCUT2D eigenvalue weighted by atomic mass is 32.1. The Morgan fingerprint density at radius 1 is 1.60 bits per heavy atom. The van der Waals surface area contributed by atoms with Crippen LogP contribution in [-0.4, -0.2) is 14.9 Å². The molecule has 6 nitrogen and oxygen atoms in total. The van der Waals surface area contributed by atoms with Gasteiger partial charge in [0, 0.05) is 0 Å². The maximum absolute atomic E-state index is 8.74. The lowest BCUT2D eigenvalue weighted by molar-refractivity contribution is 0.917. The first-order valence-corrected chi connectivity index (χ1v) is 4.17. The third kappa shape index (κ3) is 1.77. The van der Waals surface area contributed by atoms with Gasteiger partial charge >= 0.3 is 0 Å². The van der Waals surface area contributed by atoms with E-state index in [1.165, 1.54) is 6.20 Å². The molecule has 0 fully saturated rings. The van der Waals surface area contributed by atoms with E-state index in [4.69, 9.17) is 28.5 Å². The highest BCUT2D eigenvalue weighted by molar-refractivity contribution is 7.80. The van der Waals surface area contributed by atoms with Crippen LogP contribution in [-0.2, 0) is 0 Å². The van der Waals surface area contributed by atoms with Gasteiger partial charge in [0.05, 0.1) is 0 Å². The summed E-state index contributed by atoms with van der Waals surface area (Å²) in [4.78, 5) is 0. The molecule has 0 aromatic carbocycles. The average molecular weight is 218 g/mol. The molecule has 0 aliphatic rings. The molecule has 0 amide bonds. The summed E-state index contributed by atoms with van der Waals surface area (Å²) in [6, 6.07) is 3.55. The van der Waals surface area contributed by atoms with E-state index in [1.54, 1.807) is 12.1 Å². The molecule has 0 spiro atoms. The molecule has 1 heterocycles. The van der Waals surface area contributed by atoms with Gasteiger partial charge in [0.2, 0.25) is 0 Å². The second-order valence-corrected chi connectivity index (χ2v) is 2.78. The van der Waals surface area contributed by atoms with Crippen LogP contribution in [0.2, 0.25) is 0 Å². The topological polar surface area (TPSA) is 103 Å². The van der Waals surface area contributed by atoms with Crippen molar-refractivity contribution >= 4 is 23.1 Å². The summed E-state index contributed by atoms with van der Waals surface area (Å²) >= 11 is 4.90. The monoisotopic (exact) mass is 218 g/mol. The number of nitrogens with one attached hydrogen (secondary N) is 1. The smallest absolute Gasteiger partial charge is 0.200 e. The number of rotatable bonds is 1. The molecular formula is C8H6N6S. The molecule has 1 aromatic heterocycles. The van der Waals surface area contributed by atoms with Crippen molar-refractivity contribution in [2.45, 2.75) is 0 Å². The molecule has 7 heteroatoms. The lowest BCUT2D eigenvalue weighted by Gasteiger charge is -2.03. The quantitative estimate of drug-likeness (QED) is 0.647. The molecule has 74 valence electrons. The van der Waals surface area contributed by atoms with Crippen LogP contribution in [0.3, 0.4) is 0 Å². The standard InChI is InChI=1S/C8H6N6S/c1-2-12-8(15)14-7(11)5(3-9)6(4-10)13-14/h2H,1,11H2,(H,12,15). The Bertz CT molecular complexity index is 500. The summed E-state index contributed by atoms with van der Waals surface area (Å²) in [5, 5.41) is 23.9. The highest BCUT2D eigenvalue weighted by Crippen LogP contribution is 2.14. The number of aromatic nitrogens is 2. The molecular weight excluding hydrogens is 212 g/mol. The van der Waals surface area contributed by atoms with Crippen LogP contribution in [0.25, 0.3) is 0 Å². The van der Waals surface area contributed by atoms with Crippen LogP contribution >= 0.6 is 12.2 Å². The molecule has 0 saturated carbocycles. The minimum atomic E-state index is -0.0526. The van der Waals surface area contributed by atoms with E-state index in [0.29, 0.717) is 0 Å². The second-order valence-electron chi connectivity index (χ2n) is 2.40. The normalized spacial score (nSPS) is 8.67. The van der Waals surface area contributed by atoms with Crippen LogP contribution in [0.5, 0.6) is 0 Å². The first kappa shape index (κ1) is 10.7. The minimum absolute atomic E-state index is 0.0192. The Hall–Kier alpha value is -2.38. The molecule has 1 aromatic rings. The Morgan fingerprint density at radius 2 is 2.27 bits per heavy atom. The third-order valence-electron chi connectivity index (χ3n) is 1.56. The molecule has 3 N–H and O–H groups in total. The van der Waals surface area contributed by atoms with Crippen molar-refractivity contribution in [3.05, 3.63) is 24.0 Å². The maximum atomic E-state index is 8.74.